The second-order valence-electron chi connectivity index (χ2n) is 4.62. The lowest BCUT2D eigenvalue weighted by molar-refractivity contribution is -0.142. The number of nitrogens with two attached hydrogens (primary N) is 1. The smallest absolute Gasteiger partial charge is 0.326 e. The number of ether oxygens (including phenoxy) is 1. The lowest BCUT2D eigenvalue weighted by Gasteiger charge is -2.23. The van der Waals surface area contributed by atoms with Crippen molar-refractivity contribution in [3.63, 3.8) is 0 Å². The maximum Gasteiger partial charge on any atom is 0.326 e. The van der Waals surface area contributed by atoms with Crippen LogP contribution in [0.2, 0.25) is 0 Å². The summed E-state index contributed by atoms with van der Waals surface area (Å²) in [5, 5.41) is 0. The second kappa shape index (κ2) is 6.28. The second-order valence-corrected chi connectivity index (χ2v) is 5.68. The van der Waals surface area contributed by atoms with Crippen LogP contribution in [0.25, 0.3) is 0 Å². The van der Waals surface area contributed by atoms with Crippen LogP contribution in [-0.2, 0) is 14.3 Å². The molecule has 0 saturated heterocycles. The number of amides is 1. The first kappa shape index (κ1) is 14.9. The van der Waals surface area contributed by atoms with Crippen LogP contribution in [0.15, 0.2) is 23.1 Å². The van der Waals surface area contributed by atoms with Gasteiger partial charge in [-0.25, -0.2) is 0 Å². The van der Waals surface area contributed by atoms with Crippen molar-refractivity contribution >= 4 is 29.3 Å². The van der Waals surface area contributed by atoms with Crippen LogP contribution in [-0.4, -0.2) is 36.8 Å². The Morgan fingerprint density at radius 2 is 2.30 bits per heavy atom. The van der Waals surface area contributed by atoms with E-state index in [4.69, 9.17) is 10.5 Å². The molecule has 2 N–H and O–H groups in total. The number of anilines is 1. The Kier molecular flexibility index (Phi) is 4.67. The zero-order chi connectivity index (χ0) is 14.7. The van der Waals surface area contributed by atoms with Crippen LogP contribution in [0, 0.1) is 6.92 Å². The third-order valence-corrected chi connectivity index (χ3v) is 4.16. The van der Waals surface area contributed by atoms with E-state index < -0.39 is 12.0 Å². The number of benzene rings is 1. The van der Waals surface area contributed by atoms with Gasteiger partial charge in [0, 0.05) is 10.6 Å². The molecular weight excluding hydrogens is 276 g/mol. The third kappa shape index (κ3) is 3.13. The molecule has 0 fully saturated rings. The molecular formula is C14H18N2O3S. The van der Waals surface area contributed by atoms with E-state index in [0.29, 0.717) is 12.4 Å². The minimum Gasteiger partial charge on any atom is -0.465 e. The Labute approximate surface area is 122 Å². The van der Waals surface area contributed by atoms with Gasteiger partial charge in [-0.3, -0.25) is 14.5 Å². The van der Waals surface area contributed by atoms with Crippen LogP contribution < -0.4 is 10.6 Å². The van der Waals surface area contributed by atoms with Crippen molar-refractivity contribution in [1.29, 1.82) is 0 Å². The van der Waals surface area contributed by atoms with Gasteiger partial charge in [-0.1, -0.05) is 6.07 Å². The number of esters is 1. The van der Waals surface area contributed by atoms with E-state index in [0.717, 1.165) is 16.1 Å². The van der Waals surface area contributed by atoms with Crippen molar-refractivity contribution in [2.24, 2.45) is 5.73 Å². The topological polar surface area (TPSA) is 72.6 Å². The van der Waals surface area contributed by atoms with E-state index in [-0.39, 0.29) is 12.5 Å². The fourth-order valence-electron chi connectivity index (χ4n) is 2.03. The third-order valence-electron chi connectivity index (χ3n) is 3.00. The monoisotopic (exact) mass is 294 g/mol. The molecule has 20 heavy (non-hydrogen) atoms. The number of nitrogens with zero attached hydrogens (tertiary/aromatic N) is 1. The largest absolute Gasteiger partial charge is 0.465 e. The van der Waals surface area contributed by atoms with Crippen LogP contribution in [0.5, 0.6) is 0 Å². The highest BCUT2D eigenvalue weighted by Crippen LogP contribution is 2.34. The minimum absolute atomic E-state index is 0.100. The first-order valence-electron chi connectivity index (χ1n) is 6.49. The number of thioether (sulfide) groups is 1. The van der Waals surface area contributed by atoms with Crippen LogP contribution in [0.1, 0.15) is 12.5 Å². The van der Waals surface area contributed by atoms with E-state index in [1.54, 1.807) is 18.7 Å². The van der Waals surface area contributed by atoms with Gasteiger partial charge in [0.1, 0.15) is 6.54 Å². The summed E-state index contributed by atoms with van der Waals surface area (Å²) >= 11 is 1.54. The molecule has 0 aliphatic carbocycles. The van der Waals surface area contributed by atoms with Crippen molar-refractivity contribution in [2.45, 2.75) is 24.8 Å². The van der Waals surface area contributed by atoms with Crippen LogP contribution in [0.4, 0.5) is 5.69 Å². The van der Waals surface area contributed by atoms with Gasteiger partial charge in [0.05, 0.1) is 18.3 Å². The van der Waals surface area contributed by atoms with Crippen molar-refractivity contribution in [3.05, 3.63) is 23.8 Å². The summed E-state index contributed by atoms with van der Waals surface area (Å²) in [7, 11) is 0. The number of fused-ring (bicyclic) bond motifs is 1. The molecule has 6 heteroatoms. The Morgan fingerprint density at radius 3 is 3.00 bits per heavy atom. The van der Waals surface area contributed by atoms with Gasteiger partial charge in [-0.05, 0) is 31.5 Å². The van der Waals surface area contributed by atoms with Gasteiger partial charge in [0.25, 0.3) is 0 Å². The van der Waals surface area contributed by atoms with Crippen LogP contribution in [0.3, 0.4) is 0 Å². The molecule has 1 heterocycles. The number of hydrogen-bond acceptors (Lipinski definition) is 5. The van der Waals surface area contributed by atoms with E-state index in [2.05, 4.69) is 0 Å². The predicted molar refractivity (Wildman–Crippen MR) is 78.9 cm³/mol. The Balaban J connectivity index is 2.35. The lowest BCUT2D eigenvalue weighted by atomic mass is 10.2. The van der Waals surface area contributed by atoms with E-state index >= 15 is 0 Å². The maximum absolute atomic E-state index is 12.3. The van der Waals surface area contributed by atoms with Gasteiger partial charge >= 0.3 is 5.97 Å². The minimum atomic E-state index is -0.609. The number of carbonyl (C=O) groups excluding carboxylic acids is 2. The van der Waals surface area contributed by atoms with Gasteiger partial charge in [-0.15, -0.1) is 11.8 Å². The van der Waals surface area contributed by atoms with E-state index in [1.807, 2.05) is 25.1 Å². The zero-order valence-corrected chi connectivity index (χ0v) is 12.4. The molecule has 1 atom stereocenters. The van der Waals surface area contributed by atoms with Crippen molar-refractivity contribution < 1.29 is 14.3 Å². The summed E-state index contributed by atoms with van der Waals surface area (Å²) in [5.41, 5.74) is 7.71. The molecule has 1 aromatic carbocycles. The number of carbonyl (C=O) groups is 2. The highest BCUT2D eigenvalue weighted by Gasteiger charge is 2.30. The van der Waals surface area contributed by atoms with Gasteiger partial charge < -0.3 is 10.5 Å². The quantitative estimate of drug-likeness (QED) is 0.851. The number of hydrogen-bond donors (Lipinski definition) is 1. The van der Waals surface area contributed by atoms with Crippen molar-refractivity contribution in [3.8, 4) is 0 Å². The Hall–Kier alpha value is -1.53. The fraction of sp³-hybridized carbons (Fsp3) is 0.429. The Bertz CT molecular complexity index is 533. The molecule has 1 aliphatic heterocycles. The standard InChI is InChI=1S/C14H18N2O3S/c1-3-19-13(17)7-16-11-5-4-9(2)6-12(11)20-8-10(15)14(16)18/h4-6,10H,3,7-8,15H2,1-2H3. The molecule has 1 amide bonds. The summed E-state index contributed by atoms with van der Waals surface area (Å²) < 4.78 is 4.93. The molecule has 1 aromatic rings. The van der Waals surface area contributed by atoms with Gasteiger partial charge in [-0.2, -0.15) is 0 Å². The molecule has 0 spiro atoms. The maximum atomic E-state index is 12.3. The average molecular weight is 294 g/mol. The molecule has 5 nitrogen and oxygen atoms in total. The molecule has 0 saturated carbocycles. The molecule has 2 rings (SSSR count). The molecule has 1 aliphatic rings. The fourth-order valence-corrected chi connectivity index (χ4v) is 3.13. The normalized spacial score (nSPS) is 18.4. The SMILES string of the molecule is CCOC(=O)CN1C(=O)C(N)CSc2cc(C)ccc21. The number of aryl methyl sites for hydroxylation is 1. The van der Waals surface area contributed by atoms with E-state index in [9.17, 15) is 9.59 Å². The van der Waals surface area contributed by atoms with E-state index in [1.165, 1.54) is 4.90 Å². The molecule has 108 valence electrons. The first-order valence-corrected chi connectivity index (χ1v) is 7.47. The van der Waals surface area contributed by atoms with Crippen molar-refractivity contribution in [2.75, 3.05) is 23.8 Å². The molecule has 1 unspecified atom stereocenters. The summed E-state index contributed by atoms with van der Waals surface area (Å²) in [5.74, 6) is -0.158. The molecule has 0 radical (unpaired) electrons. The first-order chi connectivity index (χ1) is 9.52. The lowest BCUT2D eigenvalue weighted by Crippen LogP contribution is -2.46. The summed E-state index contributed by atoms with van der Waals surface area (Å²) in [6.07, 6.45) is 0. The van der Waals surface area contributed by atoms with Gasteiger partial charge in [0.2, 0.25) is 5.91 Å². The molecule has 0 aromatic heterocycles. The molecule has 0 bridgehead atoms. The summed E-state index contributed by atoms with van der Waals surface area (Å²) in [6.45, 7) is 3.92. The summed E-state index contributed by atoms with van der Waals surface area (Å²) in [4.78, 5) is 26.4. The van der Waals surface area contributed by atoms with Crippen molar-refractivity contribution in [1.82, 2.24) is 0 Å². The highest BCUT2D eigenvalue weighted by atomic mass is 32.2. The Morgan fingerprint density at radius 1 is 1.55 bits per heavy atom. The van der Waals surface area contributed by atoms with Crippen LogP contribution >= 0.6 is 11.8 Å². The number of rotatable bonds is 3. The average Bonchev–Trinajstić information content (AvgIpc) is 2.51. The van der Waals surface area contributed by atoms with Gasteiger partial charge in [0.15, 0.2) is 0 Å². The summed E-state index contributed by atoms with van der Waals surface area (Å²) in [6, 6.07) is 5.17. The predicted octanol–water partition coefficient (Wildman–Crippen LogP) is 1.32. The highest BCUT2D eigenvalue weighted by molar-refractivity contribution is 7.99. The zero-order valence-electron chi connectivity index (χ0n) is 11.6.